The van der Waals surface area contributed by atoms with Crippen molar-refractivity contribution in [3.8, 4) is 5.75 Å². The van der Waals surface area contributed by atoms with Crippen molar-refractivity contribution in [3.63, 3.8) is 0 Å². The number of carbonyl (C=O) groups is 1. The topological polar surface area (TPSA) is 50.4 Å². The predicted octanol–water partition coefficient (Wildman–Crippen LogP) is 2.56. The molecular weight excluding hydrogens is 228 g/mol. The number of hydrogen-bond donors (Lipinski definition) is 2. The number of hydrogen-bond acceptors (Lipinski definition) is 2. The maximum atomic E-state index is 11.0. The van der Waals surface area contributed by atoms with Gasteiger partial charge >= 0.3 is 6.03 Å². The summed E-state index contributed by atoms with van der Waals surface area (Å²) in [7, 11) is 1.57. The maximum Gasteiger partial charge on any atom is 0.317 e. The summed E-state index contributed by atoms with van der Waals surface area (Å²) in [5, 5.41) is 5.08. The molecule has 100 valence electrons. The van der Waals surface area contributed by atoms with E-state index in [0.29, 0.717) is 0 Å². The summed E-state index contributed by atoms with van der Waals surface area (Å²) in [5.41, 5.74) is 2.35. The molecule has 0 aliphatic rings. The van der Waals surface area contributed by atoms with Gasteiger partial charge in [0.25, 0.3) is 0 Å². The molecule has 0 heterocycles. The number of ether oxygens (including phenoxy) is 1. The van der Waals surface area contributed by atoms with Gasteiger partial charge in [0, 0.05) is 7.05 Å². The fraction of sp³-hybridized carbons (Fsp3) is 0.500. The van der Waals surface area contributed by atoms with E-state index in [-0.39, 0.29) is 18.2 Å². The molecule has 4 heteroatoms. The highest BCUT2D eigenvalue weighted by Gasteiger charge is 2.19. The summed E-state index contributed by atoms with van der Waals surface area (Å²) >= 11 is 0. The van der Waals surface area contributed by atoms with E-state index in [1.165, 1.54) is 5.56 Å². The highest BCUT2D eigenvalue weighted by Crippen LogP contribution is 2.31. The van der Waals surface area contributed by atoms with Crippen LogP contribution in [0.4, 0.5) is 4.79 Å². The third-order valence-electron chi connectivity index (χ3n) is 2.63. The Morgan fingerprint density at radius 3 is 2.56 bits per heavy atom. The normalized spacial score (nSPS) is 10.9. The van der Waals surface area contributed by atoms with Crippen molar-refractivity contribution in [1.82, 2.24) is 10.6 Å². The molecule has 0 atom stereocenters. The van der Waals surface area contributed by atoms with Gasteiger partial charge in [0.05, 0.1) is 0 Å². The molecule has 1 rings (SSSR count). The Morgan fingerprint density at radius 1 is 1.33 bits per heavy atom. The number of amides is 2. The molecule has 0 aliphatic heterocycles. The van der Waals surface area contributed by atoms with E-state index >= 15 is 0 Å². The molecule has 0 aromatic heterocycles. The monoisotopic (exact) mass is 250 g/mol. The van der Waals surface area contributed by atoms with Crippen LogP contribution in [0, 0.1) is 6.92 Å². The van der Waals surface area contributed by atoms with E-state index < -0.39 is 0 Å². The van der Waals surface area contributed by atoms with Gasteiger partial charge in [0.15, 0.2) is 6.73 Å². The van der Waals surface area contributed by atoms with Crippen molar-refractivity contribution in [2.75, 3.05) is 13.8 Å². The van der Waals surface area contributed by atoms with Gasteiger partial charge in [0.2, 0.25) is 0 Å². The van der Waals surface area contributed by atoms with Crippen LogP contribution in [0.25, 0.3) is 0 Å². The molecule has 18 heavy (non-hydrogen) atoms. The zero-order valence-electron chi connectivity index (χ0n) is 11.8. The third kappa shape index (κ3) is 3.95. The molecule has 2 amide bonds. The van der Waals surface area contributed by atoms with E-state index in [9.17, 15) is 4.79 Å². The number of urea groups is 1. The lowest BCUT2D eigenvalue weighted by atomic mass is 9.85. The van der Waals surface area contributed by atoms with Crippen LogP contribution in [0.5, 0.6) is 5.75 Å². The van der Waals surface area contributed by atoms with E-state index in [0.717, 1.165) is 11.3 Å². The Labute approximate surface area is 109 Å². The van der Waals surface area contributed by atoms with Crippen molar-refractivity contribution in [1.29, 1.82) is 0 Å². The van der Waals surface area contributed by atoms with Gasteiger partial charge < -0.3 is 15.4 Å². The van der Waals surface area contributed by atoms with E-state index in [2.05, 4.69) is 44.4 Å². The van der Waals surface area contributed by atoms with E-state index in [1.807, 2.05) is 12.1 Å². The molecule has 0 aliphatic carbocycles. The minimum absolute atomic E-state index is 0.00830. The van der Waals surface area contributed by atoms with Gasteiger partial charge in [-0.05, 0) is 24.0 Å². The predicted molar refractivity (Wildman–Crippen MR) is 73.0 cm³/mol. The van der Waals surface area contributed by atoms with Crippen molar-refractivity contribution in [2.45, 2.75) is 33.1 Å². The second-order valence-corrected chi connectivity index (χ2v) is 5.29. The van der Waals surface area contributed by atoms with Crippen LogP contribution in [-0.2, 0) is 5.41 Å². The summed E-state index contributed by atoms with van der Waals surface area (Å²) < 4.78 is 5.62. The number of benzene rings is 1. The van der Waals surface area contributed by atoms with Gasteiger partial charge in [-0.3, -0.25) is 0 Å². The summed E-state index contributed by atoms with van der Waals surface area (Å²) in [6.07, 6.45) is 0. The largest absolute Gasteiger partial charge is 0.473 e. The highest BCUT2D eigenvalue weighted by atomic mass is 16.5. The van der Waals surface area contributed by atoms with Crippen LogP contribution in [0.3, 0.4) is 0 Å². The van der Waals surface area contributed by atoms with Gasteiger partial charge in [-0.25, -0.2) is 4.79 Å². The van der Waals surface area contributed by atoms with E-state index in [1.54, 1.807) is 7.05 Å². The molecule has 4 nitrogen and oxygen atoms in total. The SMILES string of the molecule is CNC(=O)NCOc1ccc(C)cc1C(C)(C)C. The average Bonchev–Trinajstić information content (AvgIpc) is 2.29. The van der Waals surface area contributed by atoms with Crippen LogP contribution in [-0.4, -0.2) is 19.8 Å². The van der Waals surface area contributed by atoms with Crippen molar-refractivity contribution in [3.05, 3.63) is 29.3 Å². The first-order valence-corrected chi connectivity index (χ1v) is 6.04. The first-order valence-electron chi connectivity index (χ1n) is 6.04. The first kappa shape index (κ1) is 14.4. The smallest absolute Gasteiger partial charge is 0.317 e. The number of nitrogens with one attached hydrogen (secondary N) is 2. The Bertz CT molecular complexity index is 422. The molecule has 0 fully saturated rings. The quantitative estimate of drug-likeness (QED) is 0.810. The molecule has 2 N–H and O–H groups in total. The van der Waals surface area contributed by atoms with Crippen LogP contribution in [0.1, 0.15) is 31.9 Å². The molecule has 0 unspecified atom stereocenters. The van der Waals surface area contributed by atoms with Gasteiger partial charge in [-0.15, -0.1) is 0 Å². The zero-order chi connectivity index (χ0) is 13.8. The van der Waals surface area contributed by atoms with Gasteiger partial charge in [-0.1, -0.05) is 38.5 Å². The van der Waals surface area contributed by atoms with E-state index in [4.69, 9.17) is 4.74 Å². The molecule has 0 bridgehead atoms. The third-order valence-corrected chi connectivity index (χ3v) is 2.63. The average molecular weight is 250 g/mol. The molecule has 0 saturated carbocycles. The second kappa shape index (κ2) is 5.76. The molecule has 0 saturated heterocycles. The Kier molecular flexibility index (Phi) is 4.59. The Hall–Kier alpha value is -1.71. The molecule has 1 aromatic rings. The lowest BCUT2D eigenvalue weighted by Gasteiger charge is -2.23. The Balaban J connectivity index is 2.79. The van der Waals surface area contributed by atoms with Crippen molar-refractivity contribution >= 4 is 6.03 Å². The second-order valence-electron chi connectivity index (χ2n) is 5.29. The molecule has 0 radical (unpaired) electrons. The van der Waals surface area contributed by atoms with Gasteiger partial charge in [-0.2, -0.15) is 0 Å². The minimum Gasteiger partial charge on any atom is -0.473 e. The lowest BCUT2D eigenvalue weighted by Crippen LogP contribution is -2.35. The number of carbonyl (C=O) groups excluding carboxylic acids is 1. The first-order chi connectivity index (χ1) is 8.34. The lowest BCUT2D eigenvalue weighted by molar-refractivity contribution is 0.225. The molecular formula is C14H22N2O2. The standard InChI is InChI=1S/C14H22N2O2/c1-10-6-7-12(11(8-10)14(2,3)4)18-9-16-13(17)15-5/h6-8H,9H2,1-5H3,(H2,15,16,17). The molecule has 1 aromatic carbocycles. The van der Waals surface area contributed by atoms with Gasteiger partial charge in [0.1, 0.15) is 5.75 Å². The maximum absolute atomic E-state index is 11.0. The minimum atomic E-state index is -0.251. The summed E-state index contributed by atoms with van der Waals surface area (Å²) in [5.74, 6) is 0.810. The Morgan fingerprint density at radius 2 is 2.00 bits per heavy atom. The van der Waals surface area contributed by atoms with Crippen molar-refractivity contribution in [2.24, 2.45) is 0 Å². The summed E-state index contributed by atoms with van der Waals surface area (Å²) in [4.78, 5) is 11.0. The fourth-order valence-corrected chi connectivity index (χ4v) is 1.62. The van der Waals surface area contributed by atoms with Crippen LogP contribution < -0.4 is 15.4 Å². The van der Waals surface area contributed by atoms with Crippen LogP contribution in [0.2, 0.25) is 0 Å². The van der Waals surface area contributed by atoms with Crippen LogP contribution in [0.15, 0.2) is 18.2 Å². The summed E-state index contributed by atoms with van der Waals surface area (Å²) in [6, 6.07) is 5.82. The highest BCUT2D eigenvalue weighted by molar-refractivity contribution is 5.73. The zero-order valence-corrected chi connectivity index (χ0v) is 11.8. The molecule has 0 spiro atoms. The van der Waals surface area contributed by atoms with Crippen molar-refractivity contribution < 1.29 is 9.53 Å². The summed E-state index contributed by atoms with van der Waals surface area (Å²) in [6.45, 7) is 8.63. The number of rotatable bonds is 3. The number of aryl methyl sites for hydroxylation is 1. The fourth-order valence-electron chi connectivity index (χ4n) is 1.62. The van der Waals surface area contributed by atoms with Crippen LogP contribution >= 0.6 is 0 Å².